The average Bonchev–Trinajstić information content (AvgIpc) is 3.33. The van der Waals surface area contributed by atoms with Gasteiger partial charge in [0.15, 0.2) is 5.96 Å². The van der Waals surface area contributed by atoms with Crippen molar-refractivity contribution < 1.29 is 34.2 Å². The molecule has 15 heteroatoms. The van der Waals surface area contributed by atoms with Gasteiger partial charge < -0.3 is 48.3 Å². The minimum absolute atomic E-state index is 0.0240. The number of carboxylic acids is 2. The maximum atomic E-state index is 13.5. The average molecular weight is 589 g/mol. The second-order valence-corrected chi connectivity index (χ2v) is 10.2. The summed E-state index contributed by atoms with van der Waals surface area (Å²) in [6.45, 7) is 3.64. The number of aliphatic carboxylic acids is 2. The third-order valence-corrected chi connectivity index (χ3v) is 6.59. The van der Waals surface area contributed by atoms with Crippen LogP contribution in [0.1, 0.15) is 45.1 Å². The molecule has 1 aromatic carbocycles. The van der Waals surface area contributed by atoms with Gasteiger partial charge in [0.2, 0.25) is 17.7 Å². The van der Waals surface area contributed by atoms with Crippen LogP contribution in [0.5, 0.6) is 0 Å². The number of carboxylic acid groups (broad SMARTS) is 2. The Hall–Kier alpha value is -4.66. The Labute approximate surface area is 242 Å². The number of hydrogen-bond acceptors (Lipinski definition) is 7. The molecule has 1 heterocycles. The van der Waals surface area contributed by atoms with E-state index in [0.717, 1.165) is 10.9 Å². The molecule has 3 amide bonds. The number of benzene rings is 1. The van der Waals surface area contributed by atoms with Gasteiger partial charge in [0.05, 0.1) is 6.04 Å². The summed E-state index contributed by atoms with van der Waals surface area (Å²) in [5.74, 6) is -5.18. The lowest BCUT2D eigenvalue weighted by Gasteiger charge is -2.25. The molecule has 0 radical (unpaired) electrons. The number of amides is 3. The molecule has 0 spiro atoms. The highest BCUT2D eigenvalue weighted by Gasteiger charge is 2.31. The first-order valence-corrected chi connectivity index (χ1v) is 13.5. The van der Waals surface area contributed by atoms with Gasteiger partial charge in [-0.05, 0) is 36.8 Å². The van der Waals surface area contributed by atoms with E-state index in [1.807, 2.05) is 24.3 Å². The summed E-state index contributed by atoms with van der Waals surface area (Å²) in [5.41, 5.74) is 18.1. The van der Waals surface area contributed by atoms with E-state index in [1.165, 1.54) is 0 Å². The largest absolute Gasteiger partial charge is 0.481 e. The van der Waals surface area contributed by atoms with E-state index in [1.54, 1.807) is 20.0 Å². The quantitative estimate of drug-likeness (QED) is 0.0627. The first kappa shape index (κ1) is 33.5. The van der Waals surface area contributed by atoms with Crippen LogP contribution in [-0.4, -0.2) is 81.5 Å². The molecule has 230 valence electrons. The van der Waals surface area contributed by atoms with E-state index < -0.39 is 60.2 Å². The SMILES string of the molecule is CC(C)C(N)C(=O)NC(Cc1c[nH]c2ccccc12)C(=O)NC(CCC(=O)O)C(=O)NC(CCCN=C(N)N)C(=O)O. The summed E-state index contributed by atoms with van der Waals surface area (Å²) in [7, 11) is 0. The molecule has 42 heavy (non-hydrogen) atoms. The number of carbonyl (C=O) groups excluding carboxylic acids is 3. The summed E-state index contributed by atoms with van der Waals surface area (Å²) >= 11 is 0. The van der Waals surface area contributed by atoms with Crippen LogP contribution in [0.2, 0.25) is 0 Å². The van der Waals surface area contributed by atoms with Crippen molar-refractivity contribution in [2.24, 2.45) is 28.1 Å². The zero-order chi connectivity index (χ0) is 31.4. The van der Waals surface area contributed by atoms with Gasteiger partial charge >= 0.3 is 11.9 Å². The number of nitrogens with zero attached hydrogens (tertiary/aromatic N) is 1. The molecule has 0 fully saturated rings. The number of guanidine groups is 1. The van der Waals surface area contributed by atoms with Gasteiger partial charge in [-0.3, -0.25) is 24.2 Å². The van der Waals surface area contributed by atoms with Crippen LogP contribution in [-0.2, 0) is 30.4 Å². The molecule has 1 aromatic heterocycles. The van der Waals surface area contributed by atoms with Crippen LogP contribution >= 0.6 is 0 Å². The summed E-state index contributed by atoms with van der Waals surface area (Å²) in [6.07, 6.45) is 1.13. The smallest absolute Gasteiger partial charge is 0.326 e. The van der Waals surface area contributed by atoms with Gasteiger partial charge in [-0.2, -0.15) is 0 Å². The van der Waals surface area contributed by atoms with Crippen LogP contribution in [0.3, 0.4) is 0 Å². The zero-order valence-corrected chi connectivity index (χ0v) is 23.6. The first-order chi connectivity index (χ1) is 19.8. The van der Waals surface area contributed by atoms with E-state index >= 15 is 0 Å². The normalized spacial score (nSPS) is 13.9. The van der Waals surface area contributed by atoms with E-state index in [9.17, 15) is 34.2 Å². The van der Waals surface area contributed by atoms with Crippen molar-refractivity contribution in [2.45, 2.75) is 70.1 Å². The van der Waals surface area contributed by atoms with Crippen LogP contribution in [0.15, 0.2) is 35.5 Å². The van der Waals surface area contributed by atoms with Crippen molar-refractivity contribution >= 4 is 46.5 Å². The molecule has 0 aliphatic rings. The third-order valence-electron chi connectivity index (χ3n) is 6.59. The van der Waals surface area contributed by atoms with Gasteiger partial charge in [0, 0.05) is 36.5 Å². The van der Waals surface area contributed by atoms with Crippen LogP contribution in [0, 0.1) is 5.92 Å². The van der Waals surface area contributed by atoms with Gasteiger partial charge in [-0.25, -0.2) is 4.79 Å². The molecular weight excluding hydrogens is 548 g/mol. The lowest BCUT2D eigenvalue weighted by molar-refractivity contribution is -0.143. The predicted molar refractivity (Wildman–Crippen MR) is 155 cm³/mol. The molecule has 0 bridgehead atoms. The Kier molecular flexibility index (Phi) is 12.7. The number of hydrogen-bond donors (Lipinski definition) is 9. The Morgan fingerprint density at radius 2 is 1.52 bits per heavy atom. The molecule has 0 aliphatic heterocycles. The number of aliphatic imine (C=N–C) groups is 1. The summed E-state index contributed by atoms with van der Waals surface area (Å²) in [6, 6.07) is 2.51. The maximum Gasteiger partial charge on any atom is 0.326 e. The van der Waals surface area contributed by atoms with E-state index in [2.05, 4.69) is 25.9 Å². The predicted octanol–water partition coefficient (Wildman–Crippen LogP) is -0.849. The Balaban J connectivity index is 2.27. The topological polar surface area (TPSA) is 268 Å². The minimum atomic E-state index is -1.41. The van der Waals surface area contributed by atoms with E-state index in [4.69, 9.17) is 17.2 Å². The second-order valence-electron chi connectivity index (χ2n) is 10.2. The van der Waals surface area contributed by atoms with Gasteiger partial charge in [0.1, 0.15) is 18.1 Å². The molecule has 15 nitrogen and oxygen atoms in total. The number of aromatic nitrogens is 1. The Morgan fingerprint density at radius 1 is 0.905 bits per heavy atom. The van der Waals surface area contributed by atoms with Crippen molar-refractivity contribution in [3.8, 4) is 0 Å². The van der Waals surface area contributed by atoms with Gasteiger partial charge in [0.25, 0.3) is 0 Å². The zero-order valence-electron chi connectivity index (χ0n) is 23.6. The number of aromatic amines is 1. The number of rotatable bonds is 17. The monoisotopic (exact) mass is 588 g/mol. The van der Waals surface area contributed by atoms with Gasteiger partial charge in [-0.15, -0.1) is 0 Å². The highest BCUT2D eigenvalue weighted by molar-refractivity contribution is 5.95. The fraction of sp³-hybridized carbons (Fsp3) is 0.481. The number of para-hydroxylation sites is 1. The van der Waals surface area contributed by atoms with E-state index in [0.29, 0.717) is 5.56 Å². The molecule has 2 rings (SSSR count). The summed E-state index contributed by atoms with van der Waals surface area (Å²) in [4.78, 5) is 69.4. The fourth-order valence-corrected chi connectivity index (χ4v) is 4.14. The number of nitrogens with one attached hydrogen (secondary N) is 4. The van der Waals surface area contributed by atoms with E-state index in [-0.39, 0.29) is 44.1 Å². The Bertz CT molecular complexity index is 1290. The molecule has 0 saturated carbocycles. The van der Waals surface area contributed by atoms with Crippen molar-refractivity contribution in [3.63, 3.8) is 0 Å². The Morgan fingerprint density at radius 3 is 2.14 bits per heavy atom. The van der Waals surface area contributed by atoms with Crippen molar-refractivity contribution in [1.29, 1.82) is 0 Å². The number of carbonyl (C=O) groups is 5. The number of H-pyrrole nitrogens is 1. The number of fused-ring (bicyclic) bond motifs is 1. The lowest BCUT2D eigenvalue weighted by Crippen LogP contribution is -2.58. The molecule has 2 aromatic rings. The van der Waals surface area contributed by atoms with Crippen molar-refractivity contribution in [3.05, 3.63) is 36.0 Å². The molecular formula is C27H40N8O7. The van der Waals surface area contributed by atoms with Crippen LogP contribution < -0.4 is 33.2 Å². The first-order valence-electron chi connectivity index (χ1n) is 13.5. The standard InChI is InChI=1S/C27H40N8O7/c1-14(2)22(28)25(40)35-20(12-15-13-32-17-7-4-3-6-16(15)17)24(39)33-18(9-10-21(36)37)23(38)34-19(26(41)42)8-5-11-31-27(29)30/h3-4,6-7,13-14,18-20,22,32H,5,8-12,28H2,1-2H3,(H,33,39)(H,34,38)(H,35,40)(H,36,37)(H,41,42)(H4,29,30,31). The molecule has 12 N–H and O–H groups in total. The molecule has 0 saturated heterocycles. The molecule has 0 aliphatic carbocycles. The van der Waals surface area contributed by atoms with Gasteiger partial charge in [-0.1, -0.05) is 32.0 Å². The highest BCUT2D eigenvalue weighted by Crippen LogP contribution is 2.19. The lowest BCUT2D eigenvalue weighted by atomic mass is 10.0. The van der Waals surface area contributed by atoms with Crippen LogP contribution in [0.25, 0.3) is 10.9 Å². The third kappa shape index (κ3) is 10.4. The minimum Gasteiger partial charge on any atom is -0.481 e. The molecule has 4 atom stereocenters. The van der Waals surface area contributed by atoms with Crippen molar-refractivity contribution in [1.82, 2.24) is 20.9 Å². The maximum absolute atomic E-state index is 13.5. The van der Waals surface area contributed by atoms with Crippen molar-refractivity contribution in [2.75, 3.05) is 6.54 Å². The summed E-state index contributed by atoms with van der Waals surface area (Å²) < 4.78 is 0. The molecule has 4 unspecified atom stereocenters. The van der Waals surface area contributed by atoms with Crippen LogP contribution in [0.4, 0.5) is 0 Å². The fourth-order valence-electron chi connectivity index (χ4n) is 4.14. The highest BCUT2D eigenvalue weighted by atomic mass is 16.4. The number of nitrogens with two attached hydrogens (primary N) is 3. The second kappa shape index (κ2) is 16.0. The summed E-state index contributed by atoms with van der Waals surface area (Å²) in [5, 5.41) is 27.1.